The minimum absolute atomic E-state index is 0.0154. The molecule has 4 rings (SSSR count). The number of carbonyl (C=O) groups is 1. The van der Waals surface area contributed by atoms with Crippen molar-refractivity contribution < 1.29 is 9.32 Å². The van der Waals surface area contributed by atoms with Crippen LogP contribution >= 0.6 is 0 Å². The molecule has 26 heavy (non-hydrogen) atoms. The molecule has 0 aliphatic carbocycles. The smallest absolute Gasteiger partial charge is 0.259 e. The molecule has 134 valence electrons. The lowest BCUT2D eigenvalue weighted by Gasteiger charge is -2.26. The third-order valence-corrected chi connectivity index (χ3v) is 5.06. The first-order valence-electron chi connectivity index (χ1n) is 9.07. The normalized spacial score (nSPS) is 14.9. The summed E-state index contributed by atoms with van der Waals surface area (Å²) < 4.78 is 5.38. The molecule has 0 spiro atoms. The summed E-state index contributed by atoms with van der Waals surface area (Å²) in [6.07, 6.45) is 5.07. The third kappa shape index (κ3) is 2.73. The molecule has 0 bridgehead atoms. The van der Waals surface area contributed by atoms with E-state index in [1.807, 2.05) is 31.7 Å². The van der Waals surface area contributed by atoms with Crippen LogP contribution in [0.25, 0.3) is 16.5 Å². The summed E-state index contributed by atoms with van der Waals surface area (Å²) in [5.41, 5.74) is 4.96. The highest BCUT2D eigenvalue weighted by molar-refractivity contribution is 5.97. The average molecular weight is 349 g/mol. The Morgan fingerprint density at radius 1 is 1.31 bits per heavy atom. The van der Waals surface area contributed by atoms with E-state index in [4.69, 9.17) is 4.52 Å². The quantitative estimate of drug-likeness (QED) is 0.756. The van der Waals surface area contributed by atoms with Crippen molar-refractivity contribution in [2.45, 2.75) is 33.1 Å². The Labute approximate surface area is 152 Å². The second kappa shape index (κ2) is 6.48. The predicted molar refractivity (Wildman–Crippen MR) is 102 cm³/mol. The maximum Gasteiger partial charge on any atom is 0.259 e. The number of carbonyl (C=O) groups excluding carboxylic acids is 1. The second-order valence-corrected chi connectivity index (χ2v) is 7.14. The summed E-state index contributed by atoms with van der Waals surface area (Å²) in [5, 5.41) is 5.23. The Morgan fingerprint density at radius 2 is 2.12 bits per heavy atom. The number of aryl methyl sites for hydroxylation is 1. The zero-order valence-electron chi connectivity index (χ0n) is 15.4. The van der Waals surface area contributed by atoms with E-state index in [1.54, 1.807) is 0 Å². The van der Waals surface area contributed by atoms with Gasteiger partial charge < -0.3 is 14.4 Å². The summed E-state index contributed by atoms with van der Waals surface area (Å²) in [6.45, 7) is 7.17. The standard InChI is InChI=1S/C21H23N3O2/c1-13(2)20-19(14(3)23-26-20)21(25)24-10-8-15(9-11-24)17-12-22-18-7-5-4-6-16(17)18/h4-8,12-13,22H,9-11H2,1-3H3. The van der Waals surface area contributed by atoms with Crippen molar-refractivity contribution in [2.24, 2.45) is 0 Å². The molecule has 1 aromatic carbocycles. The predicted octanol–water partition coefficient (Wildman–Crippen LogP) is 4.52. The monoisotopic (exact) mass is 349 g/mol. The van der Waals surface area contributed by atoms with Crippen LogP contribution in [0.5, 0.6) is 0 Å². The van der Waals surface area contributed by atoms with Gasteiger partial charge in [0, 0.05) is 41.7 Å². The molecule has 1 aliphatic heterocycles. The van der Waals surface area contributed by atoms with Crippen molar-refractivity contribution in [3.8, 4) is 0 Å². The Hall–Kier alpha value is -2.82. The lowest BCUT2D eigenvalue weighted by Crippen LogP contribution is -2.35. The van der Waals surface area contributed by atoms with Crippen molar-refractivity contribution in [2.75, 3.05) is 13.1 Å². The molecule has 1 aliphatic rings. The molecule has 0 saturated heterocycles. The topological polar surface area (TPSA) is 62.1 Å². The zero-order valence-corrected chi connectivity index (χ0v) is 15.4. The number of nitrogens with one attached hydrogen (secondary N) is 1. The molecule has 2 aromatic heterocycles. The average Bonchev–Trinajstić information content (AvgIpc) is 3.25. The molecule has 0 unspecified atom stereocenters. The number of nitrogens with zero attached hydrogens (tertiary/aromatic N) is 2. The number of amides is 1. The van der Waals surface area contributed by atoms with Gasteiger partial charge in [0.15, 0.2) is 5.76 Å². The van der Waals surface area contributed by atoms with Crippen LogP contribution in [-0.4, -0.2) is 34.0 Å². The van der Waals surface area contributed by atoms with Crippen LogP contribution in [0.1, 0.15) is 53.6 Å². The molecule has 0 fully saturated rings. The second-order valence-electron chi connectivity index (χ2n) is 7.14. The van der Waals surface area contributed by atoms with Crippen molar-refractivity contribution >= 4 is 22.4 Å². The van der Waals surface area contributed by atoms with E-state index < -0.39 is 0 Å². The first-order valence-corrected chi connectivity index (χ1v) is 9.07. The highest BCUT2D eigenvalue weighted by atomic mass is 16.5. The lowest BCUT2D eigenvalue weighted by molar-refractivity contribution is 0.0769. The molecule has 3 aromatic rings. The van der Waals surface area contributed by atoms with Gasteiger partial charge >= 0.3 is 0 Å². The number of para-hydroxylation sites is 1. The van der Waals surface area contributed by atoms with Crippen molar-refractivity contribution in [1.82, 2.24) is 15.0 Å². The highest BCUT2D eigenvalue weighted by Crippen LogP contribution is 2.30. The van der Waals surface area contributed by atoms with Gasteiger partial charge in [-0.2, -0.15) is 0 Å². The van der Waals surface area contributed by atoms with Gasteiger partial charge in [0.1, 0.15) is 5.56 Å². The molecule has 5 nitrogen and oxygen atoms in total. The number of rotatable bonds is 3. The molecule has 5 heteroatoms. The molecule has 0 saturated carbocycles. The van der Waals surface area contributed by atoms with Gasteiger partial charge in [0.25, 0.3) is 5.91 Å². The Bertz CT molecular complexity index is 994. The van der Waals surface area contributed by atoms with Crippen molar-refractivity contribution in [1.29, 1.82) is 0 Å². The molecule has 3 heterocycles. The van der Waals surface area contributed by atoms with Crippen LogP contribution in [0, 0.1) is 6.92 Å². The van der Waals surface area contributed by atoms with E-state index >= 15 is 0 Å². The van der Waals surface area contributed by atoms with Crippen molar-refractivity contribution in [3.63, 3.8) is 0 Å². The maximum atomic E-state index is 13.0. The Balaban J connectivity index is 1.58. The molecule has 0 atom stereocenters. The van der Waals surface area contributed by atoms with E-state index in [2.05, 4.69) is 40.6 Å². The summed E-state index contributed by atoms with van der Waals surface area (Å²) in [4.78, 5) is 18.2. The Kier molecular flexibility index (Phi) is 4.15. The van der Waals surface area contributed by atoms with Gasteiger partial charge in [-0.05, 0) is 25.0 Å². The number of aromatic amines is 1. The van der Waals surface area contributed by atoms with E-state index in [-0.39, 0.29) is 11.8 Å². The highest BCUT2D eigenvalue weighted by Gasteiger charge is 2.28. The fraction of sp³-hybridized carbons (Fsp3) is 0.333. The summed E-state index contributed by atoms with van der Waals surface area (Å²) >= 11 is 0. The van der Waals surface area contributed by atoms with E-state index in [9.17, 15) is 4.79 Å². The van der Waals surface area contributed by atoms with Crippen LogP contribution in [0.15, 0.2) is 41.1 Å². The van der Waals surface area contributed by atoms with Gasteiger partial charge in [0.2, 0.25) is 0 Å². The SMILES string of the molecule is Cc1noc(C(C)C)c1C(=O)N1CC=C(c2c[nH]c3ccccc23)CC1. The summed E-state index contributed by atoms with van der Waals surface area (Å²) in [5.74, 6) is 0.831. The van der Waals surface area contributed by atoms with Gasteiger partial charge in [-0.1, -0.05) is 43.3 Å². The largest absolute Gasteiger partial charge is 0.361 e. The zero-order chi connectivity index (χ0) is 18.3. The number of fused-ring (bicyclic) bond motifs is 1. The minimum atomic E-state index is 0.0154. The maximum absolute atomic E-state index is 13.0. The molecule has 1 N–H and O–H groups in total. The molecular formula is C21H23N3O2. The van der Waals surface area contributed by atoms with Crippen LogP contribution < -0.4 is 0 Å². The Morgan fingerprint density at radius 3 is 2.85 bits per heavy atom. The molecule has 0 radical (unpaired) electrons. The third-order valence-electron chi connectivity index (χ3n) is 5.06. The van der Waals surface area contributed by atoms with Gasteiger partial charge in [-0.3, -0.25) is 4.79 Å². The van der Waals surface area contributed by atoms with Crippen molar-refractivity contribution in [3.05, 3.63) is 59.1 Å². The first kappa shape index (κ1) is 16.6. The van der Waals surface area contributed by atoms with E-state index in [0.717, 1.165) is 11.9 Å². The number of hydrogen-bond donors (Lipinski definition) is 1. The van der Waals surface area contributed by atoms with Crippen LogP contribution in [-0.2, 0) is 0 Å². The van der Waals surface area contributed by atoms with Crippen LogP contribution in [0.3, 0.4) is 0 Å². The summed E-state index contributed by atoms with van der Waals surface area (Å²) in [6, 6.07) is 8.31. The van der Waals surface area contributed by atoms with E-state index in [1.165, 1.54) is 16.5 Å². The van der Waals surface area contributed by atoms with Crippen LogP contribution in [0.2, 0.25) is 0 Å². The fourth-order valence-electron chi connectivity index (χ4n) is 3.63. The van der Waals surface area contributed by atoms with Crippen LogP contribution in [0.4, 0.5) is 0 Å². The number of aromatic nitrogens is 2. The minimum Gasteiger partial charge on any atom is -0.361 e. The lowest BCUT2D eigenvalue weighted by atomic mass is 9.98. The van der Waals surface area contributed by atoms with Gasteiger partial charge in [0.05, 0.1) is 5.69 Å². The molecule has 1 amide bonds. The van der Waals surface area contributed by atoms with Gasteiger partial charge in [-0.25, -0.2) is 0 Å². The summed E-state index contributed by atoms with van der Waals surface area (Å²) in [7, 11) is 0. The first-order chi connectivity index (χ1) is 12.6. The fourth-order valence-corrected chi connectivity index (χ4v) is 3.63. The van der Waals surface area contributed by atoms with Gasteiger partial charge in [-0.15, -0.1) is 0 Å². The number of H-pyrrole nitrogens is 1. The van der Waals surface area contributed by atoms with E-state index in [0.29, 0.717) is 30.1 Å². The number of hydrogen-bond acceptors (Lipinski definition) is 3. The molecular weight excluding hydrogens is 326 g/mol. The number of benzene rings is 1.